The predicted octanol–water partition coefficient (Wildman–Crippen LogP) is 3.89. The van der Waals surface area contributed by atoms with E-state index in [4.69, 9.17) is 0 Å². The van der Waals surface area contributed by atoms with E-state index in [1.165, 1.54) is 4.90 Å². The van der Waals surface area contributed by atoms with Crippen LogP contribution in [0.4, 0.5) is 18.9 Å². The van der Waals surface area contributed by atoms with Crippen LogP contribution in [-0.4, -0.2) is 25.3 Å². The molecule has 1 N–H and O–H groups in total. The van der Waals surface area contributed by atoms with Gasteiger partial charge in [-0.3, -0.25) is 0 Å². The van der Waals surface area contributed by atoms with Crippen LogP contribution in [0.15, 0.2) is 24.3 Å². The lowest BCUT2D eigenvalue weighted by molar-refractivity contribution is -0.120. The van der Waals surface area contributed by atoms with Gasteiger partial charge in [0.25, 0.3) is 0 Å². The van der Waals surface area contributed by atoms with Gasteiger partial charge >= 0.3 is 6.18 Å². The monoisotopic (exact) mass is 286 g/mol. The molecule has 1 unspecified atom stereocenters. The third kappa shape index (κ3) is 4.13. The number of nitrogens with zero attached hydrogens (tertiary/aromatic N) is 1. The third-order valence-corrected chi connectivity index (χ3v) is 3.57. The number of anilines is 1. The first kappa shape index (κ1) is 15.2. The smallest absolute Gasteiger partial charge is 0.360 e. The average Bonchev–Trinajstić information content (AvgIpc) is 3.20. The normalized spacial score (nSPS) is 17.1. The molecule has 0 aromatic heterocycles. The molecule has 1 fully saturated rings. The van der Waals surface area contributed by atoms with Gasteiger partial charge in [-0.2, -0.15) is 13.2 Å². The fraction of sp³-hybridized carbons (Fsp3) is 0.600. The van der Waals surface area contributed by atoms with Gasteiger partial charge in [-0.1, -0.05) is 19.1 Å². The molecule has 0 heterocycles. The quantitative estimate of drug-likeness (QED) is 0.853. The number of halogens is 3. The summed E-state index contributed by atoms with van der Waals surface area (Å²) in [6.45, 7) is 4.08. The summed E-state index contributed by atoms with van der Waals surface area (Å²) in [5, 5.41) is 3.29. The molecule has 1 atom stereocenters. The molecule has 0 saturated heterocycles. The zero-order valence-corrected chi connectivity index (χ0v) is 11.9. The summed E-state index contributed by atoms with van der Waals surface area (Å²) in [6, 6.07) is 7.68. The molecule has 1 aliphatic carbocycles. The molecule has 1 aromatic carbocycles. The van der Waals surface area contributed by atoms with Crippen LogP contribution in [0.2, 0.25) is 0 Å². The second-order valence-electron chi connectivity index (χ2n) is 5.35. The summed E-state index contributed by atoms with van der Waals surface area (Å²) in [4.78, 5) is 1.47. The fourth-order valence-corrected chi connectivity index (χ4v) is 2.39. The van der Waals surface area contributed by atoms with Gasteiger partial charge in [0.2, 0.25) is 0 Å². The van der Waals surface area contributed by atoms with E-state index in [1.807, 2.05) is 26.0 Å². The summed E-state index contributed by atoms with van der Waals surface area (Å²) in [6.07, 6.45) is -2.45. The van der Waals surface area contributed by atoms with Crippen molar-refractivity contribution in [1.82, 2.24) is 5.32 Å². The van der Waals surface area contributed by atoms with Crippen molar-refractivity contribution in [2.75, 3.05) is 18.0 Å². The molecule has 1 aliphatic rings. The number of hydrogen-bond acceptors (Lipinski definition) is 2. The molecule has 0 spiro atoms. The summed E-state index contributed by atoms with van der Waals surface area (Å²) >= 11 is 0. The highest BCUT2D eigenvalue weighted by molar-refractivity contribution is 5.50. The Kier molecular flexibility index (Phi) is 4.58. The van der Waals surface area contributed by atoms with E-state index in [-0.39, 0.29) is 12.1 Å². The first-order chi connectivity index (χ1) is 9.40. The zero-order valence-electron chi connectivity index (χ0n) is 11.9. The minimum Gasteiger partial charge on any atom is -0.360 e. The predicted molar refractivity (Wildman–Crippen MR) is 75.0 cm³/mol. The Hall–Kier alpha value is -1.23. The van der Waals surface area contributed by atoms with Crippen LogP contribution in [-0.2, 0) is 0 Å². The Morgan fingerprint density at radius 3 is 2.30 bits per heavy atom. The number of rotatable bonds is 6. The molecule has 1 saturated carbocycles. The molecule has 112 valence electrons. The average molecular weight is 286 g/mol. The zero-order chi connectivity index (χ0) is 14.8. The summed E-state index contributed by atoms with van der Waals surface area (Å²) in [5.41, 5.74) is 1.76. The first-order valence-electron chi connectivity index (χ1n) is 7.07. The van der Waals surface area contributed by atoms with Crippen LogP contribution in [0.1, 0.15) is 38.3 Å². The van der Waals surface area contributed by atoms with Crippen LogP contribution in [0.5, 0.6) is 0 Å². The molecule has 0 aliphatic heterocycles. The highest BCUT2D eigenvalue weighted by Crippen LogP contribution is 2.34. The summed E-state index contributed by atoms with van der Waals surface area (Å²) in [5.74, 6) is 0. The maximum Gasteiger partial charge on any atom is 0.405 e. The maximum atomic E-state index is 12.6. The van der Waals surface area contributed by atoms with Crippen LogP contribution in [0.3, 0.4) is 0 Å². The standard InChI is InChI=1S/C15H21F3N2/c1-3-19-11(2)12-4-6-13(7-5-12)20(14-8-9-14)10-15(16,17)18/h4-7,11,14,19H,3,8-10H2,1-2H3. The Morgan fingerprint density at radius 1 is 1.25 bits per heavy atom. The molecular weight excluding hydrogens is 265 g/mol. The molecule has 1 aromatic rings. The van der Waals surface area contributed by atoms with Crippen LogP contribution in [0.25, 0.3) is 0 Å². The van der Waals surface area contributed by atoms with Crippen LogP contribution < -0.4 is 10.2 Å². The first-order valence-corrected chi connectivity index (χ1v) is 7.07. The lowest BCUT2D eigenvalue weighted by Gasteiger charge is -2.26. The molecular formula is C15H21F3N2. The highest BCUT2D eigenvalue weighted by Gasteiger charge is 2.38. The van der Waals surface area contributed by atoms with E-state index in [0.717, 1.165) is 24.9 Å². The fourth-order valence-electron chi connectivity index (χ4n) is 2.39. The largest absolute Gasteiger partial charge is 0.405 e. The molecule has 0 radical (unpaired) electrons. The van der Waals surface area contributed by atoms with Crippen LogP contribution >= 0.6 is 0 Å². The molecule has 2 nitrogen and oxygen atoms in total. The van der Waals surface area contributed by atoms with Gasteiger partial charge in [0.05, 0.1) is 0 Å². The van der Waals surface area contributed by atoms with E-state index in [1.54, 1.807) is 12.1 Å². The second kappa shape index (κ2) is 6.04. The van der Waals surface area contributed by atoms with Crippen molar-refractivity contribution in [1.29, 1.82) is 0 Å². The Labute approximate surface area is 118 Å². The van der Waals surface area contributed by atoms with E-state index < -0.39 is 12.7 Å². The Balaban J connectivity index is 2.10. The molecule has 0 amide bonds. The second-order valence-corrected chi connectivity index (χ2v) is 5.35. The minimum absolute atomic E-state index is 0.0497. The van der Waals surface area contributed by atoms with Gasteiger partial charge in [-0.05, 0) is 44.0 Å². The third-order valence-electron chi connectivity index (χ3n) is 3.57. The van der Waals surface area contributed by atoms with Gasteiger partial charge in [-0.25, -0.2) is 0 Å². The minimum atomic E-state index is -4.15. The lowest BCUT2D eigenvalue weighted by Crippen LogP contribution is -2.35. The molecule has 5 heteroatoms. The van der Waals surface area contributed by atoms with Gasteiger partial charge in [-0.15, -0.1) is 0 Å². The number of nitrogens with one attached hydrogen (secondary N) is 1. The Bertz CT molecular complexity index is 424. The van der Waals surface area contributed by atoms with Crippen molar-refractivity contribution >= 4 is 5.69 Å². The van der Waals surface area contributed by atoms with Crippen molar-refractivity contribution in [3.63, 3.8) is 0 Å². The molecule has 20 heavy (non-hydrogen) atoms. The Morgan fingerprint density at radius 2 is 1.85 bits per heavy atom. The van der Waals surface area contributed by atoms with Gasteiger partial charge in [0.1, 0.15) is 6.54 Å². The van der Waals surface area contributed by atoms with Crippen molar-refractivity contribution in [3.05, 3.63) is 29.8 Å². The van der Waals surface area contributed by atoms with Gasteiger partial charge < -0.3 is 10.2 Å². The highest BCUT2D eigenvalue weighted by atomic mass is 19.4. The number of hydrogen-bond donors (Lipinski definition) is 1. The van der Waals surface area contributed by atoms with E-state index in [2.05, 4.69) is 5.32 Å². The SMILES string of the molecule is CCNC(C)c1ccc(N(CC(F)(F)F)C2CC2)cc1. The van der Waals surface area contributed by atoms with Crippen molar-refractivity contribution < 1.29 is 13.2 Å². The maximum absolute atomic E-state index is 12.6. The topological polar surface area (TPSA) is 15.3 Å². The van der Waals surface area contributed by atoms with Crippen molar-refractivity contribution in [2.24, 2.45) is 0 Å². The van der Waals surface area contributed by atoms with E-state index in [9.17, 15) is 13.2 Å². The van der Waals surface area contributed by atoms with Crippen molar-refractivity contribution in [3.8, 4) is 0 Å². The molecule has 0 bridgehead atoms. The van der Waals surface area contributed by atoms with Gasteiger partial charge in [0.15, 0.2) is 0 Å². The summed E-state index contributed by atoms with van der Waals surface area (Å²) < 4.78 is 37.9. The number of alkyl halides is 3. The lowest BCUT2D eigenvalue weighted by atomic mass is 10.1. The van der Waals surface area contributed by atoms with E-state index >= 15 is 0 Å². The van der Waals surface area contributed by atoms with Gasteiger partial charge in [0, 0.05) is 17.8 Å². The summed E-state index contributed by atoms with van der Waals surface area (Å²) in [7, 11) is 0. The van der Waals surface area contributed by atoms with Crippen LogP contribution in [0, 0.1) is 0 Å². The number of benzene rings is 1. The van der Waals surface area contributed by atoms with E-state index in [0.29, 0.717) is 5.69 Å². The van der Waals surface area contributed by atoms with Crippen molar-refractivity contribution in [2.45, 2.75) is 44.9 Å². The molecule has 2 rings (SSSR count).